The van der Waals surface area contributed by atoms with Gasteiger partial charge in [0.1, 0.15) is 12.1 Å². The number of aryl methyl sites for hydroxylation is 1. The van der Waals surface area contributed by atoms with Crippen molar-refractivity contribution in [1.82, 2.24) is 0 Å². The Kier molecular flexibility index (Phi) is 4.90. The zero-order valence-electron chi connectivity index (χ0n) is 9.90. The van der Waals surface area contributed by atoms with Crippen LogP contribution in [0.2, 0.25) is 0 Å². The minimum absolute atomic E-state index is 0.274. The molecule has 0 amide bonds. The van der Waals surface area contributed by atoms with Gasteiger partial charge in [0.05, 0.1) is 0 Å². The van der Waals surface area contributed by atoms with Crippen LogP contribution < -0.4 is 0 Å². The van der Waals surface area contributed by atoms with Gasteiger partial charge < -0.3 is 0 Å². The first-order valence-corrected chi connectivity index (χ1v) is 5.68. The van der Waals surface area contributed by atoms with Crippen LogP contribution in [-0.2, 0) is 11.2 Å². The van der Waals surface area contributed by atoms with Crippen LogP contribution in [0.15, 0.2) is 24.3 Å². The summed E-state index contributed by atoms with van der Waals surface area (Å²) in [5, 5.41) is 0. The lowest BCUT2D eigenvalue weighted by Crippen LogP contribution is -2.05. The predicted molar refractivity (Wildman–Crippen MR) is 64.6 cm³/mol. The molecule has 0 bridgehead atoms. The molecule has 0 aromatic heterocycles. The van der Waals surface area contributed by atoms with Crippen molar-refractivity contribution in [2.24, 2.45) is 5.92 Å². The molecule has 1 aromatic rings. The summed E-state index contributed by atoms with van der Waals surface area (Å²) >= 11 is 0. The van der Waals surface area contributed by atoms with Crippen molar-refractivity contribution >= 4 is 12.1 Å². The number of benzene rings is 1. The van der Waals surface area contributed by atoms with Gasteiger partial charge in [-0.15, -0.1) is 0 Å². The van der Waals surface area contributed by atoms with Crippen molar-refractivity contribution in [2.75, 3.05) is 0 Å². The molecule has 0 aliphatic heterocycles. The van der Waals surface area contributed by atoms with Gasteiger partial charge in [-0.1, -0.05) is 38.1 Å². The predicted octanol–water partition coefficient (Wildman–Crippen LogP) is 3.05. The molecule has 0 heterocycles. The SMILES string of the molecule is CC(C)CC(=O)CCc1ccccc1C=O. The number of carbonyl (C=O) groups excluding carboxylic acids is 2. The highest BCUT2D eigenvalue weighted by Crippen LogP contribution is 2.11. The van der Waals surface area contributed by atoms with Crippen molar-refractivity contribution in [3.8, 4) is 0 Å². The third kappa shape index (κ3) is 3.97. The lowest BCUT2D eigenvalue weighted by molar-refractivity contribution is -0.119. The van der Waals surface area contributed by atoms with E-state index in [1.54, 1.807) is 6.07 Å². The zero-order valence-corrected chi connectivity index (χ0v) is 9.90. The van der Waals surface area contributed by atoms with E-state index in [9.17, 15) is 9.59 Å². The first-order chi connectivity index (χ1) is 7.63. The van der Waals surface area contributed by atoms with E-state index in [2.05, 4.69) is 0 Å². The normalized spacial score (nSPS) is 10.4. The van der Waals surface area contributed by atoms with Gasteiger partial charge in [-0.25, -0.2) is 0 Å². The summed E-state index contributed by atoms with van der Waals surface area (Å²) < 4.78 is 0. The molecular formula is C14H18O2. The van der Waals surface area contributed by atoms with Crippen molar-refractivity contribution in [1.29, 1.82) is 0 Å². The molecule has 0 radical (unpaired) electrons. The summed E-state index contributed by atoms with van der Waals surface area (Å²) in [6, 6.07) is 7.43. The van der Waals surface area contributed by atoms with Crippen molar-refractivity contribution in [3.05, 3.63) is 35.4 Å². The monoisotopic (exact) mass is 218 g/mol. The second-order valence-electron chi connectivity index (χ2n) is 4.45. The molecule has 0 unspecified atom stereocenters. The first kappa shape index (κ1) is 12.6. The molecule has 2 nitrogen and oxygen atoms in total. The van der Waals surface area contributed by atoms with Crippen molar-refractivity contribution in [3.63, 3.8) is 0 Å². The number of Topliss-reactive ketones (excluding diaryl/α,β-unsaturated/α-hetero) is 1. The minimum Gasteiger partial charge on any atom is -0.300 e. The molecule has 0 spiro atoms. The van der Waals surface area contributed by atoms with E-state index >= 15 is 0 Å². The minimum atomic E-state index is 0.274. The first-order valence-electron chi connectivity index (χ1n) is 5.68. The average Bonchev–Trinajstić information content (AvgIpc) is 2.26. The highest BCUT2D eigenvalue weighted by atomic mass is 16.1. The number of hydrogen-bond donors (Lipinski definition) is 0. The highest BCUT2D eigenvalue weighted by Gasteiger charge is 2.07. The van der Waals surface area contributed by atoms with E-state index in [1.165, 1.54) is 0 Å². The van der Waals surface area contributed by atoms with Gasteiger partial charge in [0, 0.05) is 18.4 Å². The maximum atomic E-state index is 11.5. The van der Waals surface area contributed by atoms with Crippen LogP contribution in [0.1, 0.15) is 42.6 Å². The van der Waals surface area contributed by atoms with Gasteiger partial charge >= 0.3 is 0 Å². The van der Waals surface area contributed by atoms with Gasteiger partial charge in [0.25, 0.3) is 0 Å². The molecule has 1 rings (SSSR count). The number of aldehydes is 1. The lowest BCUT2D eigenvalue weighted by Gasteiger charge is -2.05. The van der Waals surface area contributed by atoms with Gasteiger partial charge in [-0.05, 0) is 17.9 Å². The molecule has 86 valence electrons. The molecule has 0 saturated heterocycles. The van der Waals surface area contributed by atoms with E-state index in [0.29, 0.717) is 30.7 Å². The van der Waals surface area contributed by atoms with Crippen molar-refractivity contribution < 1.29 is 9.59 Å². The summed E-state index contributed by atoms with van der Waals surface area (Å²) in [5.41, 5.74) is 1.66. The molecule has 0 saturated carbocycles. The Morgan fingerprint density at radius 2 is 2.00 bits per heavy atom. The summed E-state index contributed by atoms with van der Waals surface area (Å²) in [6.45, 7) is 4.08. The Balaban J connectivity index is 2.54. The molecule has 16 heavy (non-hydrogen) atoms. The number of rotatable bonds is 6. The number of ketones is 1. The van der Waals surface area contributed by atoms with Crippen molar-refractivity contribution in [2.45, 2.75) is 33.1 Å². The molecule has 0 aliphatic carbocycles. The molecule has 0 N–H and O–H groups in total. The molecule has 0 aliphatic rings. The van der Waals surface area contributed by atoms with Crippen LogP contribution in [0.4, 0.5) is 0 Å². The third-order valence-corrected chi connectivity index (χ3v) is 2.49. The van der Waals surface area contributed by atoms with Gasteiger partial charge in [0.15, 0.2) is 0 Å². The summed E-state index contributed by atoms with van der Waals surface area (Å²) in [5.74, 6) is 0.685. The maximum Gasteiger partial charge on any atom is 0.150 e. The van der Waals surface area contributed by atoms with E-state index in [4.69, 9.17) is 0 Å². The maximum absolute atomic E-state index is 11.5. The topological polar surface area (TPSA) is 34.1 Å². The smallest absolute Gasteiger partial charge is 0.150 e. The summed E-state index contributed by atoms with van der Waals surface area (Å²) in [7, 11) is 0. The van der Waals surface area contributed by atoms with E-state index in [-0.39, 0.29) is 5.78 Å². The largest absolute Gasteiger partial charge is 0.300 e. The zero-order chi connectivity index (χ0) is 12.0. The Labute approximate surface area is 96.7 Å². The fourth-order valence-electron chi connectivity index (χ4n) is 1.71. The van der Waals surface area contributed by atoms with E-state index < -0.39 is 0 Å². The quantitative estimate of drug-likeness (QED) is 0.688. The van der Waals surface area contributed by atoms with E-state index in [0.717, 1.165) is 11.8 Å². The molecule has 1 aromatic carbocycles. The number of carbonyl (C=O) groups is 2. The Hall–Kier alpha value is -1.44. The molecule has 2 heteroatoms. The van der Waals surface area contributed by atoms with Crippen LogP contribution in [0, 0.1) is 5.92 Å². The van der Waals surface area contributed by atoms with Gasteiger partial charge in [-0.2, -0.15) is 0 Å². The second kappa shape index (κ2) is 6.21. The standard InChI is InChI=1S/C14H18O2/c1-11(2)9-14(16)8-7-12-5-3-4-6-13(12)10-15/h3-6,10-11H,7-9H2,1-2H3. The van der Waals surface area contributed by atoms with Crippen LogP contribution >= 0.6 is 0 Å². The highest BCUT2D eigenvalue weighted by molar-refractivity contribution is 5.80. The van der Waals surface area contributed by atoms with Crippen LogP contribution in [-0.4, -0.2) is 12.1 Å². The Morgan fingerprint density at radius 1 is 1.31 bits per heavy atom. The molecule has 0 atom stereocenters. The van der Waals surface area contributed by atoms with Crippen LogP contribution in [0.5, 0.6) is 0 Å². The molecular weight excluding hydrogens is 200 g/mol. The second-order valence-corrected chi connectivity index (χ2v) is 4.45. The summed E-state index contributed by atoms with van der Waals surface area (Å²) in [6.07, 6.45) is 2.68. The Morgan fingerprint density at radius 3 is 2.62 bits per heavy atom. The summed E-state index contributed by atoms with van der Waals surface area (Å²) in [4.78, 5) is 22.3. The van der Waals surface area contributed by atoms with Crippen LogP contribution in [0.25, 0.3) is 0 Å². The average molecular weight is 218 g/mol. The van der Waals surface area contributed by atoms with Gasteiger partial charge in [-0.3, -0.25) is 9.59 Å². The fraction of sp³-hybridized carbons (Fsp3) is 0.429. The molecule has 0 fully saturated rings. The van der Waals surface area contributed by atoms with Crippen LogP contribution in [0.3, 0.4) is 0 Å². The number of hydrogen-bond acceptors (Lipinski definition) is 2. The Bertz CT molecular complexity index is 367. The lowest BCUT2D eigenvalue weighted by atomic mass is 9.99. The van der Waals surface area contributed by atoms with Gasteiger partial charge in [0.2, 0.25) is 0 Å². The fourth-order valence-corrected chi connectivity index (χ4v) is 1.71. The third-order valence-electron chi connectivity index (χ3n) is 2.49. The van der Waals surface area contributed by atoms with E-state index in [1.807, 2.05) is 32.0 Å².